The molecule has 0 saturated carbocycles. The molecule has 0 aliphatic heterocycles. The number of fused-ring (bicyclic) bond motifs is 1. The second-order valence-electron chi connectivity index (χ2n) is 3.88. The van der Waals surface area contributed by atoms with E-state index < -0.39 is 0 Å². The van der Waals surface area contributed by atoms with E-state index in [1.165, 1.54) is 11.3 Å². The minimum Gasteiger partial charge on any atom is -0.346 e. The van der Waals surface area contributed by atoms with Crippen molar-refractivity contribution >= 4 is 28.1 Å². The summed E-state index contributed by atoms with van der Waals surface area (Å²) in [4.78, 5) is 12.5. The number of aromatic amines is 1. The van der Waals surface area contributed by atoms with Gasteiger partial charge in [0.15, 0.2) is 0 Å². The highest BCUT2D eigenvalue weighted by Gasteiger charge is 2.08. The van der Waals surface area contributed by atoms with Crippen LogP contribution < -0.4 is 5.32 Å². The summed E-state index contributed by atoms with van der Waals surface area (Å²) >= 11 is 1.43. The van der Waals surface area contributed by atoms with Crippen molar-refractivity contribution in [3.63, 3.8) is 0 Å². The average Bonchev–Trinajstić information content (AvgIpc) is 3.06. The van der Waals surface area contributed by atoms with E-state index in [1.807, 2.05) is 41.8 Å². The first-order chi connectivity index (χ1) is 8.84. The molecular weight excluding hydrogens is 246 g/mol. The number of rotatable bonds is 3. The zero-order chi connectivity index (χ0) is 12.4. The van der Waals surface area contributed by atoms with Gasteiger partial charge in [-0.1, -0.05) is 24.3 Å². The fourth-order valence-corrected chi connectivity index (χ4v) is 2.45. The van der Waals surface area contributed by atoms with Gasteiger partial charge in [0.1, 0.15) is 0 Å². The summed E-state index contributed by atoms with van der Waals surface area (Å²) in [7, 11) is 0. The normalized spacial score (nSPS) is 10.7. The molecular formula is C13H11N3OS. The quantitative estimate of drug-likeness (QED) is 0.757. The van der Waals surface area contributed by atoms with Gasteiger partial charge in [-0.25, -0.2) is 0 Å². The molecule has 3 aromatic rings. The Labute approximate surface area is 108 Å². The summed E-state index contributed by atoms with van der Waals surface area (Å²) in [6, 6.07) is 11.5. The van der Waals surface area contributed by atoms with Crippen molar-refractivity contribution in [1.29, 1.82) is 0 Å². The van der Waals surface area contributed by atoms with E-state index in [9.17, 15) is 4.79 Å². The van der Waals surface area contributed by atoms with Crippen LogP contribution in [0.25, 0.3) is 10.9 Å². The monoisotopic (exact) mass is 257 g/mol. The third-order valence-electron chi connectivity index (χ3n) is 2.71. The number of benzene rings is 1. The third kappa shape index (κ3) is 2.00. The summed E-state index contributed by atoms with van der Waals surface area (Å²) in [5.74, 6) is -0.0521. The summed E-state index contributed by atoms with van der Waals surface area (Å²) in [6.07, 6.45) is 0. The molecule has 0 atom stereocenters. The highest BCUT2D eigenvalue weighted by molar-refractivity contribution is 7.12. The maximum absolute atomic E-state index is 11.8. The van der Waals surface area contributed by atoms with Crippen molar-refractivity contribution < 1.29 is 4.79 Å². The minimum absolute atomic E-state index is 0.0521. The average molecular weight is 257 g/mol. The molecule has 1 amide bonds. The Hall–Kier alpha value is -2.14. The van der Waals surface area contributed by atoms with Crippen LogP contribution in [0.2, 0.25) is 0 Å². The van der Waals surface area contributed by atoms with Gasteiger partial charge in [-0.3, -0.25) is 9.89 Å². The number of amides is 1. The van der Waals surface area contributed by atoms with Gasteiger partial charge in [-0.2, -0.15) is 5.10 Å². The molecule has 0 spiro atoms. The topological polar surface area (TPSA) is 57.8 Å². The van der Waals surface area contributed by atoms with Crippen molar-refractivity contribution in [2.75, 3.05) is 0 Å². The van der Waals surface area contributed by atoms with Crippen LogP contribution in [0.15, 0.2) is 41.8 Å². The van der Waals surface area contributed by atoms with E-state index in [0.29, 0.717) is 6.54 Å². The number of hydrogen-bond donors (Lipinski definition) is 2. The van der Waals surface area contributed by atoms with Gasteiger partial charge < -0.3 is 5.32 Å². The molecule has 0 bridgehead atoms. The van der Waals surface area contributed by atoms with Crippen molar-refractivity contribution in [3.05, 3.63) is 52.3 Å². The second kappa shape index (κ2) is 4.62. The first kappa shape index (κ1) is 11.0. The molecule has 0 aliphatic carbocycles. The van der Waals surface area contributed by atoms with E-state index in [2.05, 4.69) is 15.5 Å². The van der Waals surface area contributed by atoms with Crippen LogP contribution in [0, 0.1) is 0 Å². The summed E-state index contributed by atoms with van der Waals surface area (Å²) in [5.41, 5.74) is 1.84. The molecule has 18 heavy (non-hydrogen) atoms. The molecule has 4 nitrogen and oxygen atoms in total. The Morgan fingerprint density at radius 3 is 3.00 bits per heavy atom. The van der Waals surface area contributed by atoms with E-state index >= 15 is 0 Å². The first-order valence-corrected chi connectivity index (χ1v) is 6.46. The Kier molecular flexibility index (Phi) is 2.82. The van der Waals surface area contributed by atoms with Gasteiger partial charge >= 0.3 is 0 Å². The Bertz CT molecular complexity index is 672. The van der Waals surface area contributed by atoms with Crippen LogP contribution in [0.5, 0.6) is 0 Å². The van der Waals surface area contributed by atoms with Gasteiger partial charge in [0.25, 0.3) is 5.91 Å². The number of carbonyl (C=O) groups is 1. The predicted octanol–water partition coefficient (Wildman–Crippen LogP) is 2.55. The van der Waals surface area contributed by atoms with Crippen LogP contribution in [0.3, 0.4) is 0 Å². The van der Waals surface area contributed by atoms with E-state index in [4.69, 9.17) is 0 Å². The van der Waals surface area contributed by atoms with Gasteiger partial charge in [0.05, 0.1) is 22.6 Å². The number of nitrogens with one attached hydrogen (secondary N) is 2. The Balaban J connectivity index is 1.76. The lowest BCUT2D eigenvalue weighted by atomic mass is 10.2. The van der Waals surface area contributed by atoms with Crippen LogP contribution in [0.4, 0.5) is 0 Å². The standard InChI is InChI=1S/C13H11N3OS/c17-13(12-6-3-7-18-12)14-8-11-9-4-1-2-5-10(9)15-16-11/h1-7H,8H2,(H,14,17)(H,15,16). The number of nitrogens with zero attached hydrogens (tertiary/aromatic N) is 1. The molecule has 5 heteroatoms. The second-order valence-corrected chi connectivity index (χ2v) is 4.83. The van der Waals surface area contributed by atoms with E-state index in [-0.39, 0.29) is 5.91 Å². The highest BCUT2D eigenvalue weighted by atomic mass is 32.1. The largest absolute Gasteiger partial charge is 0.346 e. The number of carbonyl (C=O) groups excluding carboxylic acids is 1. The van der Waals surface area contributed by atoms with Crippen molar-refractivity contribution in [2.45, 2.75) is 6.54 Å². The van der Waals surface area contributed by atoms with E-state index in [0.717, 1.165) is 21.5 Å². The van der Waals surface area contributed by atoms with Crippen LogP contribution in [0.1, 0.15) is 15.4 Å². The summed E-state index contributed by atoms with van der Waals surface area (Å²) < 4.78 is 0. The molecule has 2 aromatic heterocycles. The number of H-pyrrole nitrogens is 1. The molecule has 1 aromatic carbocycles. The van der Waals surface area contributed by atoms with Crippen LogP contribution in [-0.4, -0.2) is 16.1 Å². The van der Waals surface area contributed by atoms with Crippen LogP contribution >= 0.6 is 11.3 Å². The molecule has 90 valence electrons. The fourth-order valence-electron chi connectivity index (χ4n) is 1.81. The van der Waals surface area contributed by atoms with Crippen molar-refractivity contribution in [1.82, 2.24) is 15.5 Å². The molecule has 2 heterocycles. The van der Waals surface area contributed by atoms with E-state index in [1.54, 1.807) is 0 Å². The van der Waals surface area contributed by atoms with Gasteiger partial charge in [0, 0.05) is 5.39 Å². The first-order valence-electron chi connectivity index (χ1n) is 5.58. The Morgan fingerprint density at radius 1 is 1.28 bits per heavy atom. The van der Waals surface area contributed by atoms with Crippen molar-refractivity contribution in [2.24, 2.45) is 0 Å². The van der Waals surface area contributed by atoms with Crippen LogP contribution in [-0.2, 0) is 6.54 Å². The lowest BCUT2D eigenvalue weighted by Gasteiger charge is -2.01. The maximum atomic E-state index is 11.8. The lowest BCUT2D eigenvalue weighted by Crippen LogP contribution is -2.22. The maximum Gasteiger partial charge on any atom is 0.261 e. The molecule has 0 fully saturated rings. The third-order valence-corrected chi connectivity index (χ3v) is 3.58. The van der Waals surface area contributed by atoms with Gasteiger partial charge in [-0.05, 0) is 17.5 Å². The predicted molar refractivity (Wildman–Crippen MR) is 71.6 cm³/mol. The minimum atomic E-state index is -0.0521. The smallest absolute Gasteiger partial charge is 0.261 e. The summed E-state index contributed by atoms with van der Waals surface area (Å²) in [5, 5.41) is 13.0. The molecule has 0 radical (unpaired) electrons. The number of aromatic nitrogens is 2. The zero-order valence-electron chi connectivity index (χ0n) is 9.51. The number of para-hydroxylation sites is 1. The fraction of sp³-hybridized carbons (Fsp3) is 0.0769. The molecule has 2 N–H and O–H groups in total. The summed E-state index contributed by atoms with van der Waals surface area (Å²) in [6.45, 7) is 0.456. The number of hydrogen-bond acceptors (Lipinski definition) is 3. The lowest BCUT2D eigenvalue weighted by molar-refractivity contribution is 0.0954. The van der Waals surface area contributed by atoms with Crippen molar-refractivity contribution in [3.8, 4) is 0 Å². The molecule has 0 unspecified atom stereocenters. The Morgan fingerprint density at radius 2 is 2.17 bits per heavy atom. The highest BCUT2D eigenvalue weighted by Crippen LogP contribution is 2.15. The molecule has 0 saturated heterocycles. The molecule has 0 aliphatic rings. The number of thiophene rings is 1. The SMILES string of the molecule is O=C(NCc1[nH]nc2ccccc12)c1cccs1. The molecule has 3 rings (SSSR count). The van der Waals surface area contributed by atoms with Gasteiger partial charge in [-0.15, -0.1) is 11.3 Å². The zero-order valence-corrected chi connectivity index (χ0v) is 10.3. The van der Waals surface area contributed by atoms with Gasteiger partial charge in [0.2, 0.25) is 0 Å².